The number of rotatable bonds is 11. The summed E-state index contributed by atoms with van der Waals surface area (Å²) in [6.45, 7) is 2.78. The van der Waals surface area contributed by atoms with Crippen LogP contribution in [0.15, 0.2) is 114 Å². The van der Waals surface area contributed by atoms with Gasteiger partial charge in [0.2, 0.25) is 11.8 Å². The van der Waals surface area contributed by atoms with E-state index in [9.17, 15) is 9.59 Å². The van der Waals surface area contributed by atoms with Gasteiger partial charge >= 0.3 is 11.7 Å². The van der Waals surface area contributed by atoms with Crippen molar-refractivity contribution in [1.82, 2.24) is 14.1 Å². The lowest BCUT2D eigenvalue weighted by Crippen LogP contribution is -2.23. The maximum atomic E-state index is 15.1. The molecule has 9 heteroatoms. The number of fused-ring (bicyclic) bond motifs is 1. The van der Waals surface area contributed by atoms with Gasteiger partial charge < -0.3 is 14.6 Å². The first-order chi connectivity index (χ1) is 21.9. The zero-order valence-electron chi connectivity index (χ0n) is 24.5. The Morgan fingerprint density at radius 2 is 1.49 bits per heavy atom. The zero-order valence-corrected chi connectivity index (χ0v) is 24.5. The molecule has 0 saturated carbocycles. The van der Waals surface area contributed by atoms with E-state index in [1.165, 1.54) is 6.07 Å². The Hall–Kier alpha value is -5.70. The van der Waals surface area contributed by atoms with Crippen molar-refractivity contribution >= 4 is 17.0 Å². The highest BCUT2D eigenvalue weighted by Crippen LogP contribution is 2.31. The van der Waals surface area contributed by atoms with Crippen LogP contribution in [0.2, 0.25) is 0 Å². The van der Waals surface area contributed by atoms with Crippen molar-refractivity contribution in [1.29, 1.82) is 0 Å². The largest absolute Gasteiger partial charge is 0.481 e. The molecule has 226 valence electrons. The minimum absolute atomic E-state index is 0.228. The molecule has 45 heavy (non-hydrogen) atoms. The molecule has 0 aliphatic carbocycles. The topological polar surface area (TPSA) is 95.6 Å². The minimum Gasteiger partial charge on any atom is -0.481 e. The molecule has 0 amide bonds. The number of hydrogen-bond acceptors (Lipinski definition) is 5. The number of hydrogen-bond donors (Lipinski definition) is 1. The summed E-state index contributed by atoms with van der Waals surface area (Å²) in [7, 11) is 0. The highest BCUT2D eigenvalue weighted by molar-refractivity contribution is 5.84. The SMILES string of the molecule is CCn1c(=O)n(-c2ccc(OCc3ccccc3)nc2OCc2ccccc2)c2ccc(-c3ccc(CC(=O)O)cc3F)cc21. The van der Waals surface area contributed by atoms with Crippen LogP contribution in [0.4, 0.5) is 4.39 Å². The van der Waals surface area contributed by atoms with Crippen LogP contribution in [0.25, 0.3) is 27.8 Å². The Kier molecular flexibility index (Phi) is 8.41. The quantitative estimate of drug-likeness (QED) is 0.175. The first-order valence-corrected chi connectivity index (χ1v) is 14.5. The molecule has 0 aliphatic heterocycles. The molecule has 0 spiro atoms. The van der Waals surface area contributed by atoms with Gasteiger partial charge in [0.1, 0.15) is 24.7 Å². The van der Waals surface area contributed by atoms with Crippen molar-refractivity contribution in [2.45, 2.75) is 33.1 Å². The Labute approximate surface area is 258 Å². The van der Waals surface area contributed by atoms with Gasteiger partial charge in [0.25, 0.3) is 0 Å². The number of carboxylic acid groups (broad SMARTS) is 1. The summed E-state index contributed by atoms with van der Waals surface area (Å²) in [4.78, 5) is 29.6. The van der Waals surface area contributed by atoms with Crippen LogP contribution in [0.3, 0.4) is 0 Å². The van der Waals surface area contributed by atoms with Gasteiger partial charge in [-0.05, 0) is 53.4 Å². The van der Waals surface area contributed by atoms with Crippen LogP contribution < -0.4 is 15.2 Å². The number of benzene rings is 4. The highest BCUT2D eigenvalue weighted by atomic mass is 19.1. The monoisotopic (exact) mass is 603 g/mol. The van der Waals surface area contributed by atoms with Gasteiger partial charge in [-0.3, -0.25) is 13.9 Å². The summed E-state index contributed by atoms with van der Waals surface area (Å²) in [6.07, 6.45) is -0.271. The average molecular weight is 604 g/mol. The van der Waals surface area contributed by atoms with Gasteiger partial charge in [0, 0.05) is 18.2 Å². The van der Waals surface area contributed by atoms with Crippen LogP contribution in [-0.4, -0.2) is 25.2 Å². The lowest BCUT2D eigenvalue weighted by Gasteiger charge is -2.14. The van der Waals surface area contributed by atoms with Crippen molar-refractivity contribution in [2.24, 2.45) is 0 Å². The van der Waals surface area contributed by atoms with Gasteiger partial charge in [-0.15, -0.1) is 0 Å². The van der Waals surface area contributed by atoms with Crippen molar-refractivity contribution in [2.75, 3.05) is 0 Å². The van der Waals surface area contributed by atoms with Gasteiger partial charge in [-0.1, -0.05) is 78.9 Å². The number of pyridine rings is 1. The highest BCUT2D eigenvalue weighted by Gasteiger charge is 2.20. The number of aromatic nitrogens is 3. The van der Waals surface area contributed by atoms with E-state index < -0.39 is 11.8 Å². The van der Waals surface area contributed by atoms with Crippen LogP contribution in [0.1, 0.15) is 23.6 Å². The molecule has 0 radical (unpaired) electrons. The van der Waals surface area contributed by atoms with E-state index in [1.807, 2.05) is 67.6 Å². The smallest absolute Gasteiger partial charge is 0.333 e. The third kappa shape index (κ3) is 6.33. The summed E-state index contributed by atoms with van der Waals surface area (Å²) < 4.78 is 30.4. The fourth-order valence-corrected chi connectivity index (χ4v) is 5.27. The Morgan fingerprint density at radius 3 is 2.13 bits per heavy atom. The maximum absolute atomic E-state index is 15.1. The molecule has 4 aromatic carbocycles. The molecule has 0 aliphatic rings. The van der Waals surface area contributed by atoms with Crippen LogP contribution in [0, 0.1) is 5.82 Å². The second kappa shape index (κ2) is 12.9. The number of halogens is 1. The predicted octanol–water partition coefficient (Wildman–Crippen LogP) is 6.80. The summed E-state index contributed by atoms with van der Waals surface area (Å²) in [5.74, 6) is -0.994. The number of aryl methyl sites for hydroxylation is 1. The van der Waals surface area contributed by atoms with E-state index in [0.29, 0.717) is 52.4 Å². The number of imidazole rings is 1. The van der Waals surface area contributed by atoms with Crippen molar-refractivity contribution < 1.29 is 23.8 Å². The summed E-state index contributed by atoms with van der Waals surface area (Å²) >= 11 is 0. The summed E-state index contributed by atoms with van der Waals surface area (Å²) in [6, 6.07) is 32.5. The fourth-order valence-electron chi connectivity index (χ4n) is 5.27. The van der Waals surface area contributed by atoms with Gasteiger partial charge in [-0.2, -0.15) is 4.98 Å². The fraction of sp³-hybridized carbons (Fsp3) is 0.139. The van der Waals surface area contributed by atoms with Gasteiger partial charge in [0.15, 0.2) is 0 Å². The van der Waals surface area contributed by atoms with Crippen LogP contribution in [-0.2, 0) is 31.0 Å². The van der Waals surface area contributed by atoms with E-state index in [2.05, 4.69) is 4.98 Å². The molecule has 6 rings (SSSR count). The summed E-state index contributed by atoms with van der Waals surface area (Å²) in [5, 5.41) is 9.07. The second-order valence-electron chi connectivity index (χ2n) is 10.5. The number of carboxylic acids is 1. The van der Waals surface area contributed by atoms with Crippen molar-refractivity contribution in [3.05, 3.63) is 142 Å². The predicted molar refractivity (Wildman–Crippen MR) is 169 cm³/mol. The average Bonchev–Trinajstić information content (AvgIpc) is 3.33. The van der Waals surface area contributed by atoms with Crippen molar-refractivity contribution in [3.63, 3.8) is 0 Å². The third-order valence-corrected chi connectivity index (χ3v) is 7.45. The first-order valence-electron chi connectivity index (χ1n) is 14.5. The molecule has 2 aromatic heterocycles. The first kappa shape index (κ1) is 29.4. The Bertz CT molecular complexity index is 2040. The van der Waals surface area contributed by atoms with Crippen LogP contribution in [0.5, 0.6) is 11.8 Å². The minimum atomic E-state index is -1.03. The normalized spacial score (nSPS) is 11.1. The number of aliphatic carboxylic acids is 1. The number of ether oxygens (including phenoxy) is 2. The molecule has 6 aromatic rings. The molecule has 0 atom stereocenters. The van der Waals surface area contributed by atoms with Crippen LogP contribution >= 0.6 is 0 Å². The molecule has 2 heterocycles. The molecule has 0 fully saturated rings. The van der Waals surface area contributed by atoms with E-state index >= 15 is 4.39 Å². The molecular formula is C36H30FN3O5. The molecule has 0 saturated heterocycles. The van der Waals surface area contributed by atoms with Gasteiger partial charge in [0.05, 0.1) is 17.5 Å². The summed E-state index contributed by atoms with van der Waals surface area (Å²) in [5.41, 5.74) is 4.50. The van der Waals surface area contributed by atoms with E-state index in [1.54, 1.807) is 51.6 Å². The van der Waals surface area contributed by atoms with E-state index in [4.69, 9.17) is 14.6 Å². The number of nitrogens with zero attached hydrogens (tertiary/aromatic N) is 3. The molecule has 0 unspecified atom stereocenters. The number of carbonyl (C=O) groups is 1. The Balaban J connectivity index is 1.41. The van der Waals surface area contributed by atoms with E-state index in [0.717, 1.165) is 11.1 Å². The van der Waals surface area contributed by atoms with Crippen molar-refractivity contribution in [3.8, 4) is 28.6 Å². The molecule has 8 nitrogen and oxygen atoms in total. The lowest BCUT2D eigenvalue weighted by molar-refractivity contribution is -0.136. The van der Waals surface area contributed by atoms with Gasteiger partial charge in [-0.25, -0.2) is 9.18 Å². The standard InChI is InChI=1S/C36H30FN3O5/c1-2-39-32-21-27(28-15-13-26(19-29(28)37)20-34(41)42)14-16-30(32)40(36(39)43)31-17-18-33(44-22-24-9-5-3-6-10-24)38-35(31)45-23-25-11-7-4-8-12-25/h3-19,21H,2,20,22-23H2,1H3,(H,41,42). The second-order valence-corrected chi connectivity index (χ2v) is 10.5. The maximum Gasteiger partial charge on any atom is 0.333 e. The third-order valence-electron chi connectivity index (χ3n) is 7.45. The zero-order chi connectivity index (χ0) is 31.3. The molecule has 0 bridgehead atoms. The molecular weight excluding hydrogens is 573 g/mol. The Morgan fingerprint density at radius 1 is 0.800 bits per heavy atom. The lowest BCUT2D eigenvalue weighted by atomic mass is 10.0. The molecule has 1 N–H and O–H groups in total. The van der Waals surface area contributed by atoms with E-state index in [-0.39, 0.29) is 24.6 Å².